The summed E-state index contributed by atoms with van der Waals surface area (Å²) in [6, 6.07) is 20.8. The van der Waals surface area contributed by atoms with Gasteiger partial charge in [-0.05, 0) is 53.6 Å². The van der Waals surface area contributed by atoms with Crippen LogP contribution in [-0.2, 0) is 32.6 Å². The predicted molar refractivity (Wildman–Crippen MR) is 151 cm³/mol. The minimum absolute atomic E-state index is 0.0334. The van der Waals surface area contributed by atoms with Crippen molar-refractivity contribution in [1.29, 1.82) is 5.41 Å². The van der Waals surface area contributed by atoms with Crippen molar-refractivity contribution in [2.24, 2.45) is 11.7 Å². The number of guanidine groups is 1. The number of sulfonamides is 1. The molecule has 2 atom stereocenters. The smallest absolute Gasteiger partial charge is 0.299 e. The Balaban J connectivity index is 0.000000983. The second-order valence-corrected chi connectivity index (χ2v) is 11.4. The molecule has 0 spiro atoms. The molecule has 210 valence electrons. The molecule has 1 aliphatic heterocycles. The van der Waals surface area contributed by atoms with Gasteiger partial charge in [-0.15, -0.1) is 0 Å². The van der Waals surface area contributed by atoms with Crippen LogP contribution in [0.2, 0.25) is 0 Å². The van der Waals surface area contributed by atoms with Gasteiger partial charge in [0.2, 0.25) is 15.9 Å². The lowest BCUT2D eigenvalue weighted by Crippen LogP contribution is -2.51. The Morgan fingerprint density at radius 1 is 1.08 bits per heavy atom. The predicted octanol–water partition coefficient (Wildman–Crippen LogP) is 2.13. The summed E-state index contributed by atoms with van der Waals surface area (Å²) in [5.74, 6) is -0.199. The lowest BCUT2D eigenvalue weighted by molar-refractivity contribution is -0.122. The molecule has 1 fully saturated rings. The van der Waals surface area contributed by atoms with Crippen molar-refractivity contribution >= 4 is 44.0 Å². The first-order chi connectivity index (χ1) is 18.5. The molecule has 1 saturated heterocycles. The molecule has 4 rings (SSSR count). The summed E-state index contributed by atoms with van der Waals surface area (Å²) in [5, 5.41) is 12.3. The third-order valence-electron chi connectivity index (χ3n) is 6.35. The van der Waals surface area contributed by atoms with E-state index in [2.05, 4.69) is 10.0 Å². The van der Waals surface area contributed by atoms with Crippen LogP contribution in [0.5, 0.6) is 0 Å². The monoisotopic (exact) mass is 575 g/mol. The molecule has 1 amide bonds. The van der Waals surface area contributed by atoms with E-state index in [9.17, 15) is 13.2 Å². The van der Waals surface area contributed by atoms with Crippen molar-refractivity contribution in [1.82, 2.24) is 14.9 Å². The first-order valence-electron chi connectivity index (χ1n) is 12.3. The van der Waals surface area contributed by atoms with E-state index in [4.69, 9.17) is 24.5 Å². The van der Waals surface area contributed by atoms with Crippen LogP contribution in [0.3, 0.4) is 0 Å². The van der Waals surface area contributed by atoms with Gasteiger partial charge in [0.25, 0.3) is 11.4 Å². The lowest BCUT2D eigenvalue weighted by Gasteiger charge is -2.33. The van der Waals surface area contributed by atoms with Crippen molar-refractivity contribution in [3.63, 3.8) is 0 Å². The number of nitrogens with zero attached hydrogens (tertiary/aromatic N) is 1. The molecule has 1 aliphatic rings. The molecule has 0 aliphatic carbocycles. The summed E-state index contributed by atoms with van der Waals surface area (Å²) in [6.07, 6.45) is 2.03. The standard InChI is InChI=1S/C26H31N5O3S.H2O3S/c27-26(28)31-14-6-9-20(18-31)17-29-25(32)24(15-19-7-2-1-3-8-19)30-35(33,34)23-13-12-21-10-4-5-11-22(21)16-23;1-4(2)3/h1-5,7-8,10-13,16,20,24,30H,6,9,14-15,17-18H2,(H3,27,28)(H,29,32);(H2,1,2,3)/t20?,24-;/m1./s1. The summed E-state index contributed by atoms with van der Waals surface area (Å²) in [4.78, 5) is 15.1. The van der Waals surface area contributed by atoms with E-state index in [1.807, 2.05) is 54.6 Å². The molecule has 0 radical (unpaired) electrons. The normalized spacial score (nSPS) is 16.3. The summed E-state index contributed by atoms with van der Waals surface area (Å²) < 4.78 is 52.0. The van der Waals surface area contributed by atoms with Crippen LogP contribution in [0, 0.1) is 11.3 Å². The van der Waals surface area contributed by atoms with Gasteiger partial charge in [-0.25, -0.2) is 8.42 Å². The Labute approximate surface area is 230 Å². The maximum Gasteiger partial charge on any atom is 0.299 e. The van der Waals surface area contributed by atoms with E-state index in [0.717, 1.165) is 35.7 Å². The molecule has 7 N–H and O–H groups in total. The Morgan fingerprint density at radius 3 is 2.38 bits per heavy atom. The molecule has 1 heterocycles. The number of amides is 1. The number of likely N-dealkylation sites (tertiary alicyclic amines) is 1. The number of rotatable bonds is 8. The molecule has 1 unspecified atom stereocenters. The molecule has 0 aromatic heterocycles. The molecule has 0 saturated carbocycles. The molecule has 0 bridgehead atoms. The number of nitrogens with one attached hydrogen (secondary N) is 3. The third-order valence-corrected chi connectivity index (χ3v) is 7.82. The van der Waals surface area contributed by atoms with Gasteiger partial charge in [0.05, 0.1) is 4.90 Å². The molecule has 13 heteroatoms. The summed E-state index contributed by atoms with van der Waals surface area (Å²) >= 11 is -2.61. The Kier molecular flexibility index (Phi) is 10.9. The van der Waals surface area contributed by atoms with E-state index in [1.54, 1.807) is 23.1 Å². The number of hydrogen-bond donors (Lipinski definition) is 6. The lowest BCUT2D eigenvalue weighted by atomic mass is 9.98. The SMILES string of the molecule is N=C(N)N1CCCC(CNC(=O)[C@@H](Cc2ccccc2)NS(=O)(=O)c2ccc3ccccc3c2)C1.O=S(O)O. The average molecular weight is 576 g/mol. The Morgan fingerprint density at radius 2 is 1.72 bits per heavy atom. The summed E-state index contributed by atoms with van der Waals surface area (Å²) in [5.41, 5.74) is 6.48. The number of carbonyl (C=O) groups is 1. The molecule has 39 heavy (non-hydrogen) atoms. The maximum absolute atomic E-state index is 13.3. The van der Waals surface area contributed by atoms with Crippen LogP contribution >= 0.6 is 0 Å². The number of nitrogens with two attached hydrogens (primary N) is 1. The second-order valence-electron chi connectivity index (χ2n) is 9.19. The highest BCUT2D eigenvalue weighted by molar-refractivity contribution is 7.89. The first-order valence-corrected chi connectivity index (χ1v) is 14.8. The number of fused-ring (bicyclic) bond motifs is 1. The van der Waals surface area contributed by atoms with Gasteiger partial charge < -0.3 is 16.0 Å². The van der Waals surface area contributed by atoms with Gasteiger partial charge in [0.15, 0.2) is 5.96 Å². The average Bonchev–Trinajstić information content (AvgIpc) is 2.91. The van der Waals surface area contributed by atoms with Crippen molar-refractivity contribution in [3.05, 3.63) is 78.4 Å². The minimum Gasteiger partial charge on any atom is -0.370 e. The van der Waals surface area contributed by atoms with Crippen molar-refractivity contribution in [2.75, 3.05) is 19.6 Å². The van der Waals surface area contributed by atoms with Crippen LogP contribution in [0.15, 0.2) is 77.7 Å². The Hall–Kier alpha value is -3.36. The number of hydrogen-bond acceptors (Lipinski definition) is 5. The molecule has 3 aromatic carbocycles. The van der Waals surface area contributed by atoms with Crippen molar-refractivity contribution in [3.8, 4) is 0 Å². The zero-order valence-corrected chi connectivity index (χ0v) is 22.8. The van der Waals surface area contributed by atoms with Gasteiger partial charge in [0, 0.05) is 19.6 Å². The third kappa shape index (κ3) is 9.41. The fourth-order valence-corrected chi connectivity index (χ4v) is 5.68. The summed E-state index contributed by atoms with van der Waals surface area (Å²) in [7, 11) is -3.94. The topological polar surface area (TPSA) is 186 Å². The highest BCUT2D eigenvalue weighted by Crippen LogP contribution is 2.20. The van der Waals surface area contributed by atoms with Crippen LogP contribution in [0.25, 0.3) is 10.8 Å². The highest BCUT2D eigenvalue weighted by atomic mass is 32.2. The molecular formula is C26H33N5O6S2. The van der Waals surface area contributed by atoms with Gasteiger partial charge in [-0.2, -0.15) is 8.93 Å². The van der Waals surface area contributed by atoms with E-state index in [0.29, 0.717) is 13.1 Å². The minimum atomic E-state index is -3.94. The number of piperidine rings is 1. The zero-order chi connectivity index (χ0) is 28.4. The van der Waals surface area contributed by atoms with Gasteiger partial charge in [-0.1, -0.05) is 60.7 Å². The largest absolute Gasteiger partial charge is 0.370 e. The molecule has 3 aromatic rings. The number of carbonyl (C=O) groups excluding carboxylic acids is 1. The fourth-order valence-electron chi connectivity index (χ4n) is 4.45. The van der Waals surface area contributed by atoms with Crippen LogP contribution in [0.1, 0.15) is 18.4 Å². The Bertz CT molecular complexity index is 1400. The molecular weight excluding hydrogens is 542 g/mol. The van der Waals surface area contributed by atoms with Gasteiger partial charge in [0.1, 0.15) is 6.04 Å². The van der Waals surface area contributed by atoms with Gasteiger partial charge >= 0.3 is 0 Å². The van der Waals surface area contributed by atoms with E-state index in [1.165, 1.54) is 0 Å². The van der Waals surface area contributed by atoms with E-state index < -0.39 is 27.4 Å². The quantitative estimate of drug-likeness (QED) is 0.134. The highest BCUT2D eigenvalue weighted by Gasteiger charge is 2.28. The number of benzene rings is 3. The summed E-state index contributed by atoms with van der Waals surface area (Å²) in [6.45, 7) is 1.73. The van der Waals surface area contributed by atoms with Gasteiger partial charge in [-0.3, -0.25) is 19.3 Å². The molecule has 11 nitrogen and oxygen atoms in total. The fraction of sp³-hybridized carbons (Fsp3) is 0.308. The second kappa shape index (κ2) is 14.1. The first kappa shape index (κ1) is 30.2. The van der Waals surface area contributed by atoms with Crippen molar-refractivity contribution in [2.45, 2.75) is 30.2 Å². The van der Waals surface area contributed by atoms with E-state index >= 15 is 0 Å². The van der Waals surface area contributed by atoms with Crippen molar-refractivity contribution < 1.29 is 26.5 Å². The van der Waals surface area contributed by atoms with Crippen LogP contribution in [-0.4, -0.2) is 64.2 Å². The van der Waals surface area contributed by atoms with Crippen LogP contribution in [0.4, 0.5) is 0 Å². The zero-order valence-electron chi connectivity index (χ0n) is 21.2. The van der Waals surface area contributed by atoms with E-state index in [-0.39, 0.29) is 29.1 Å². The maximum atomic E-state index is 13.3. The van der Waals surface area contributed by atoms with Crippen LogP contribution < -0.4 is 15.8 Å².